The Hall–Kier alpha value is -1.75. The fraction of sp³-hybridized carbons (Fsp3) is 0.588. The molecule has 1 aliphatic rings. The molecule has 1 saturated heterocycles. The summed E-state index contributed by atoms with van der Waals surface area (Å²) in [5, 5.41) is 0. The van der Waals surface area contributed by atoms with Crippen LogP contribution in [0.3, 0.4) is 0 Å². The highest BCUT2D eigenvalue weighted by molar-refractivity contribution is 5.95. The van der Waals surface area contributed by atoms with E-state index in [4.69, 9.17) is 15.2 Å². The second-order valence-corrected chi connectivity index (χ2v) is 5.66. The molecule has 0 spiro atoms. The number of hydrogen-bond donors (Lipinski definition) is 1. The number of carbonyl (C=O) groups is 1. The SMILES string of the molecule is CCCOc1ccc(C(=O)N2CC[C@@H](N)C2)cc1OCCC. The lowest BCUT2D eigenvalue weighted by Gasteiger charge is -2.18. The molecule has 2 rings (SSSR count). The zero-order chi connectivity index (χ0) is 15.9. The van der Waals surface area contributed by atoms with Gasteiger partial charge in [0.25, 0.3) is 5.91 Å². The van der Waals surface area contributed by atoms with Crippen molar-refractivity contribution < 1.29 is 14.3 Å². The lowest BCUT2D eigenvalue weighted by atomic mass is 10.1. The smallest absolute Gasteiger partial charge is 0.254 e. The first-order valence-corrected chi connectivity index (χ1v) is 8.10. The summed E-state index contributed by atoms with van der Waals surface area (Å²) in [6.45, 7) is 6.69. The highest BCUT2D eigenvalue weighted by atomic mass is 16.5. The zero-order valence-electron chi connectivity index (χ0n) is 13.5. The van der Waals surface area contributed by atoms with Gasteiger partial charge in [-0.25, -0.2) is 0 Å². The third-order valence-electron chi connectivity index (χ3n) is 3.63. The molecule has 0 radical (unpaired) electrons. The monoisotopic (exact) mass is 306 g/mol. The molecule has 2 N–H and O–H groups in total. The van der Waals surface area contributed by atoms with E-state index in [1.165, 1.54) is 0 Å². The average Bonchev–Trinajstić information content (AvgIpc) is 2.97. The number of rotatable bonds is 7. The third-order valence-corrected chi connectivity index (χ3v) is 3.63. The Morgan fingerprint density at radius 3 is 2.50 bits per heavy atom. The Morgan fingerprint density at radius 1 is 1.23 bits per heavy atom. The van der Waals surface area contributed by atoms with Gasteiger partial charge in [-0.1, -0.05) is 13.8 Å². The molecule has 1 atom stereocenters. The van der Waals surface area contributed by atoms with E-state index >= 15 is 0 Å². The average molecular weight is 306 g/mol. The van der Waals surface area contributed by atoms with Gasteiger partial charge in [0.05, 0.1) is 13.2 Å². The summed E-state index contributed by atoms with van der Waals surface area (Å²) in [5.74, 6) is 1.35. The number of likely N-dealkylation sites (tertiary alicyclic amines) is 1. The summed E-state index contributed by atoms with van der Waals surface area (Å²) in [7, 11) is 0. The molecule has 122 valence electrons. The Bertz CT molecular complexity index is 505. The number of nitrogens with zero attached hydrogens (tertiary/aromatic N) is 1. The molecule has 5 heteroatoms. The minimum Gasteiger partial charge on any atom is -0.490 e. The van der Waals surface area contributed by atoms with Crippen LogP contribution in [-0.4, -0.2) is 43.2 Å². The molecule has 1 heterocycles. The lowest BCUT2D eigenvalue weighted by Crippen LogP contribution is -2.31. The number of nitrogens with two attached hydrogens (primary N) is 1. The van der Waals surface area contributed by atoms with Gasteiger partial charge in [-0.2, -0.15) is 0 Å². The molecule has 5 nitrogen and oxygen atoms in total. The molecular weight excluding hydrogens is 280 g/mol. The molecule has 1 amide bonds. The van der Waals surface area contributed by atoms with E-state index in [1.807, 2.05) is 13.0 Å². The summed E-state index contributed by atoms with van der Waals surface area (Å²) in [4.78, 5) is 14.3. The number of hydrogen-bond acceptors (Lipinski definition) is 4. The first kappa shape index (κ1) is 16.6. The molecule has 0 aromatic heterocycles. The first-order valence-electron chi connectivity index (χ1n) is 8.10. The quantitative estimate of drug-likeness (QED) is 0.840. The fourth-order valence-electron chi connectivity index (χ4n) is 2.45. The van der Waals surface area contributed by atoms with Gasteiger partial charge in [0.15, 0.2) is 11.5 Å². The van der Waals surface area contributed by atoms with Crippen LogP contribution in [0.2, 0.25) is 0 Å². The Kier molecular flexibility index (Phi) is 6.07. The third kappa shape index (κ3) is 4.13. The molecular formula is C17H26N2O3. The van der Waals surface area contributed by atoms with E-state index in [1.54, 1.807) is 17.0 Å². The van der Waals surface area contributed by atoms with E-state index in [2.05, 4.69) is 6.92 Å². The van der Waals surface area contributed by atoms with E-state index < -0.39 is 0 Å². The molecule has 1 aromatic rings. The van der Waals surface area contributed by atoms with Gasteiger partial charge in [0.2, 0.25) is 0 Å². The minimum atomic E-state index is 0.0105. The van der Waals surface area contributed by atoms with Gasteiger partial charge in [-0.3, -0.25) is 4.79 Å². The lowest BCUT2D eigenvalue weighted by molar-refractivity contribution is 0.0790. The van der Waals surface area contributed by atoms with Gasteiger partial charge in [-0.15, -0.1) is 0 Å². The predicted octanol–water partition coefficient (Wildman–Crippen LogP) is 2.44. The number of benzene rings is 1. The van der Waals surface area contributed by atoms with E-state index in [0.29, 0.717) is 36.8 Å². The van der Waals surface area contributed by atoms with E-state index in [0.717, 1.165) is 25.8 Å². The van der Waals surface area contributed by atoms with E-state index in [-0.39, 0.29) is 11.9 Å². The van der Waals surface area contributed by atoms with Gasteiger partial charge in [-0.05, 0) is 37.5 Å². The Morgan fingerprint density at radius 2 is 1.91 bits per heavy atom. The highest BCUT2D eigenvalue weighted by Crippen LogP contribution is 2.29. The van der Waals surface area contributed by atoms with Crippen molar-refractivity contribution in [2.24, 2.45) is 5.73 Å². The van der Waals surface area contributed by atoms with Crippen LogP contribution in [-0.2, 0) is 0 Å². The van der Waals surface area contributed by atoms with Crippen molar-refractivity contribution in [3.63, 3.8) is 0 Å². The van der Waals surface area contributed by atoms with Crippen molar-refractivity contribution >= 4 is 5.91 Å². The number of ether oxygens (including phenoxy) is 2. The van der Waals surface area contributed by atoms with E-state index in [9.17, 15) is 4.79 Å². The van der Waals surface area contributed by atoms with Gasteiger partial charge in [0.1, 0.15) is 0 Å². The maximum absolute atomic E-state index is 12.5. The Labute approximate surface area is 132 Å². The van der Waals surface area contributed by atoms with Crippen LogP contribution in [0.5, 0.6) is 11.5 Å². The van der Waals surface area contributed by atoms with Crippen molar-refractivity contribution in [1.82, 2.24) is 4.90 Å². The Balaban J connectivity index is 2.15. The van der Waals surface area contributed by atoms with Crippen molar-refractivity contribution in [3.05, 3.63) is 23.8 Å². The number of carbonyl (C=O) groups excluding carboxylic acids is 1. The standard InChI is InChI=1S/C17H26N2O3/c1-3-9-21-15-6-5-13(11-16(15)22-10-4-2)17(20)19-8-7-14(18)12-19/h5-6,11,14H,3-4,7-10,12,18H2,1-2H3/t14-/m1/s1. The fourth-order valence-corrected chi connectivity index (χ4v) is 2.45. The van der Waals surface area contributed by atoms with Crippen LogP contribution in [0.4, 0.5) is 0 Å². The summed E-state index contributed by atoms with van der Waals surface area (Å²) < 4.78 is 11.4. The van der Waals surface area contributed by atoms with Crippen LogP contribution in [0, 0.1) is 0 Å². The van der Waals surface area contributed by atoms with Crippen molar-refractivity contribution in [2.45, 2.75) is 39.2 Å². The van der Waals surface area contributed by atoms with Crippen molar-refractivity contribution in [1.29, 1.82) is 0 Å². The first-order chi connectivity index (χ1) is 10.7. The maximum Gasteiger partial charge on any atom is 0.254 e. The molecule has 22 heavy (non-hydrogen) atoms. The summed E-state index contributed by atoms with van der Waals surface area (Å²) in [5.41, 5.74) is 6.51. The van der Waals surface area contributed by atoms with Crippen LogP contribution >= 0.6 is 0 Å². The van der Waals surface area contributed by atoms with Crippen LogP contribution in [0.1, 0.15) is 43.5 Å². The minimum absolute atomic E-state index is 0.0105. The van der Waals surface area contributed by atoms with Crippen LogP contribution < -0.4 is 15.2 Å². The largest absolute Gasteiger partial charge is 0.490 e. The second kappa shape index (κ2) is 8.03. The highest BCUT2D eigenvalue weighted by Gasteiger charge is 2.25. The molecule has 1 fully saturated rings. The molecule has 0 aliphatic carbocycles. The van der Waals surface area contributed by atoms with Crippen molar-refractivity contribution in [3.8, 4) is 11.5 Å². The zero-order valence-corrected chi connectivity index (χ0v) is 13.5. The second-order valence-electron chi connectivity index (χ2n) is 5.66. The number of amides is 1. The van der Waals surface area contributed by atoms with Gasteiger partial charge >= 0.3 is 0 Å². The molecule has 1 aliphatic heterocycles. The molecule has 0 unspecified atom stereocenters. The van der Waals surface area contributed by atoms with Gasteiger partial charge in [0, 0.05) is 24.7 Å². The maximum atomic E-state index is 12.5. The molecule has 0 saturated carbocycles. The van der Waals surface area contributed by atoms with Crippen LogP contribution in [0.25, 0.3) is 0 Å². The summed E-state index contributed by atoms with van der Waals surface area (Å²) >= 11 is 0. The predicted molar refractivity (Wildman–Crippen MR) is 86.5 cm³/mol. The molecule has 0 bridgehead atoms. The van der Waals surface area contributed by atoms with Crippen LogP contribution in [0.15, 0.2) is 18.2 Å². The normalized spacial score (nSPS) is 17.6. The summed E-state index contributed by atoms with van der Waals surface area (Å²) in [6.07, 6.45) is 2.70. The topological polar surface area (TPSA) is 64.8 Å². The molecule has 1 aromatic carbocycles. The van der Waals surface area contributed by atoms with Crippen molar-refractivity contribution in [2.75, 3.05) is 26.3 Å². The summed E-state index contributed by atoms with van der Waals surface area (Å²) in [6, 6.07) is 5.50. The van der Waals surface area contributed by atoms with Gasteiger partial charge < -0.3 is 20.1 Å².